The first-order valence-electron chi connectivity index (χ1n) is 6.90. The van der Waals surface area contributed by atoms with Gasteiger partial charge in [-0.05, 0) is 18.4 Å². The standard InChI is InChI=1S/C15H16F3NO3/c16-15(17,18)14(8-6-12(20)7-9-14)19-13(21)22-10-11-4-2-1-3-5-11/h1-5H,6-10H2,(H,19,21). The molecule has 1 aromatic rings. The highest BCUT2D eigenvalue weighted by Crippen LogP contribution is 2.40. The first kappa shape index (κ1) is 16.3. The van der Waals surface area contributed by atoms with E-state index in [4.69, 9.17) is 4.74 Å². The molecule has 22 heavy (non-hydrogen) atoms. The SMILES string of the molecule is O=C1CCC(NC(=O)OCc2ccccc2)(C(F)(F)F)CC1. The Kier molecular flexibility index (Phi) is 4.73. The number of Topliss-reactive ketones (excluding diaryl/α,β-unsaturated/α-hetero) is 1. The molecule has 1 aromatic carbocycles. The second kappa shape index (κ2) is 6.37. The summed E-state index contributed by atoms with van der Waals surface area (Å²) in [6.07, 6.45) is -7.04. The van der Waals surface area contributed by atoms with Gasteiger partial charge >= 0.3 is 12.3 Å². The first-order chi connectivity index (χ1) is 10.3. The summed E-state index contributed by atoms with van der Waals surface area (Å²) < 4.78 is 44.6. The predicted molar refractivity (Wildman–Crippen MR) is 72.0 cm³/mol. The van der Waals surface area contributed by atoms with Crippen molar-refractivity contribution in [3.8, 4) is 0 Å². The third-order valence-electron chi connectivity index (χ3n) is 3.76. The molecule has 0 aromatic heterocycles. The van der Waals surface area contributed by atoms with Crippen molar-refractivity contribution in [3.05, 3.63) is 35.9 Å². The van der Waals surface area contributed by atoms with Gasteiger partial charge in [-0.1, -0.05) is 30.3 Å². The highest BCUT2D eigenvalue weighted by atomic mass is 19.4. The molecule has 1 aliphatic carbocycles. The second-order valence-corrected chi connectivity index (χ2v) is 5.31. The van der Waals surface area contributed by atoms with Gasteiger partial charge in [0.2, 0.25) is 0 Å². The number of nitrogens with one attached hydrogen (secondary N) is 1. The van der Waals surface area contributed by atoms with Crippen LogP contribution < -0.4 is 5.32 Å². The van der Waals surface area contributed by atoms with Gasteiger partial charge in [0.05, 0.1) is 0 Å². The Bertz CT molecular complexity index is 533. The van der Waals surface area contributed by atoms with Crippen molar-refractivity contribution in [2.75, 3.05) is 0 Å². The summed E-state index contributed by atoms with van der Waals surface area (Å²) >= 11 is 0. The van der Waals surface area contributed by atoms with Gasteiger partial charge < -0.3 is 10.1 Å². The van der Waals surface area contributed by atoms with E-state index in [-0.39, 0.29) is 25.2 Å². The van der Waals surface area contributed by atoms with Gasteiger partial charge in [0.15, 0.2) is 0 Å². The Morgan fingerprint density at radius 2 is 1.77 bits per heavy atom. The van der Waals surface area contributed by atoms with Crippen molar-refractivity contribution >= 4 is 11.9 Å². The van der Waals surface area contributed by atoms with E-state index in [0.717, 1.165) is 0 Å². The number of carbonyl (C=O) groups excluding carboxylic acids is 2. The zero-order valence-corrected chi connectivity index (χ0v) is 11.8. The molecule has 0 aliphatic heterocycles. The zero-order valence-electron chi connectivity index (χ0n) is 11.8. The molecule has 0 atom stereocenters. The molecule has 120 valence electrons. The molecule has 0 heterocycles. The van der Waals surface area contributed by atoms with Crippen molar-refractivity contribution in [1.29, 1.82) is 0 Å². The van der Waals surface area contributed by atoms with E-state index in [2.05, 4.69) is 0 Å². The van der Waals surface area contributed by atoms with Gasteiger partial charge in [-0.25, -0.2) is 4.79 Å². The molecular formula is C15H16F3NO3. The molecule has 0 unspecified atom stereocenters. The van der Waals surface area contributed by atoms with Crippen LogP contribution in [0.25, 0.3) is 0 Å². The lowest BCUT2D eigenvalue weighted by molar-refractivity contribution is -0.202. The largest absolute Gasteiger partial charge is 0.445 e. The number of benzene rings is 1. The number of alkyl carbamates (subject to hydrolysis) is 1. The van der Waals surface area contributed by atoms with Crippen LogP contribution >= 0.6 is 0 Å². The van der Waals surface area contributed by atoms with Crippen LogP contribution in [0, 0.1) is 0 Å². The molecule has 0 radical (unpaired) electrons. The summed E-state index contributed by atoms with van der Waals surface area (Å²) in [7, 11) is 0. The topological polar surface area (TPSA) is 55.4 Å². The molecule has 1 fully saturated rings. The Labute approximate surface area is 125 Å². The Morgan fingerprint density at radius 1 is 1.18 bits per heavy atom. The maximum absolute atomic E-state index is 13.3. The van der Waals surface area contributed by atoms with E-state index in [1.165, 1.54) is 0 Å². The number of hydrogen-bond donors (Lipinski definition) is 1. The normalized spacial score (nSPS) is 17.9. The molecule has 1 amide bonds. The number of carbonyl (C=O) groups is 2. The lowest BCUT2D eigenvalue weighted by atomic mass is 9.80. The van der Waals surface area contributed by atoms with Crippen molar-refractivity contribution in [2.24, 2.45) is 0 Å². The Hall–Kier alpha value is -2.05. The Balaban J connectivity index is 1.98. The maximum atomic E-state index is 13.3. The van der Waals surface area contributed by atoms with Gasteiger partial charge in [0, 0.05) is 12.8 Å². The zero-order chi connectivity index (χ0) is 16.2. The van der Waals surface area contributed by atoms with Crippen LogP contribution in [-0.4, -0.2) is 23.6 Å². The second-order valence-electron chi connectivity index (χ2n) is 5.31. The average Bonchev–Trinajstić information content (AvgIpc) is 2.48. The van der Waals surface area contributed by atoms with Gasteiger partial charge in [-0.2, -0.15) is 13.2 Å². The minimum atomic E-state index is -4.63. The van der Waals surface area contributed by atoms with Crippen LogP contribution in [0.3, 0.4) is 0 Å². The Morgan fingerprint density at radius 3 is 2.32 bits per heavy atom. The van der Waals surface area contributed by atoms with Gasteiger partial charge in [0.25, 0.3) is 0 Å². The number of ketones is 1. The number of hydrogen-bond acceptors (Lipinski definition) is 3. The third-order valence-corrected chi connectivity index (χ3v) is 3.76. The summed E-state index contributed by atoms with van der Waals surface area (Å²) in [4.78, 5) is 22.9. The average molecular weight is 315 g/mol. The van der Waals surface area contributed by atoms with E-state index in [0.29, 0.717) is 5.56 Å². The van der Waals surface area contributed by atoms with Crippen LogP contribution in [0.1, 0.15) is 31.2 Å². The van der Waals surface area contributed by atoms with E-state index in [1.807, 2.05) is 5.32 Å². The summed E-state index contributed by atoms with van der Waals surface area (Å²) in [5.41, 5.74) is -1.70. The molecule has 1 aliphatic rings. The highest BCUT2D eigenvalue weighted by molar-refractivity contribution is 5.80. The lowest BCUT2D eigenvalue weighted by Crippen LogP contribution is -2.60. The number of alkyl halides is 3. The molecule has 0 saturated heterocycles. The summed E-state index contributed by atoms with van der Waals surface area (Å²) in [5.74, 6) is -0.223. The van der Waals surface area contributed by atoms with Crippen LogP contribution in [-0.2, 0) is 16.1 Å². The molecule has 0 spiro atoms. The molecule has 0 bridgehead atoms. The van der Waals surface area contributed by atoms with Crippen molar-refractivity contribution in [3.63, 3.8) is 0 Å². The third kappa shape index (κ3) is 3.78. The predicted octanol–water partition coefficient (Wildman–Crippen LogP) is 3.36. The van der Waals surface area contributed by atoms with Gasteiger partial charge in [-0.3, -0.25) is 4.79 Å². The van der Waals surface area contributed by atoms with E-state index in [9.17, 15) is 22.8 Å². The smallest absolute Gasteiger partial charge is 0.411 e. The van der Waals surface area contributed by atoms with Gasteiger partial charge in [0.1, 0.15) is 17.9 Å². The fourth-order valence-electron chi connectivity index (χ4n) is 2.39. The quantitative estimate of drug-likeness (QED) is 0.930. The lowest BCUT2D eigenvalue weighted by Gasteiger charge is -2.38. The molecule has 1 N–H and O–H groups in total. The molecule has 1 saturated carbocycles. The van der Waals surface area contributed by atoms with Gasteiger partial charge in [-0.15, -0.1) is 0 Å². The van der Waals surface area contributed by atoms with Crippen LogP contribution in [0.15, 0.2) is 30.3 Å². The van der Waals surface area contributed by atoms with Crippen LogP contribution in [0.5, 0.6) is 0 Å². The fraction of sp³-hybridized carbons (Fsp3) is 0.467. The minimum absolute atomic E-state index is 0.112. The summed E-state index contributed by atoms with van der Waals surface area (Å²) in [5, 5.41) is 1.92. The minimum Gasteiger partial charge on any atom is -0.445 e. The van der Waals surface area contributed by atoms with E-state index in [1.54, 1.807) is 30.3 Å². The monoisotopic (exact) mass is 315 g/mol. The molecule has 2 rings (SSSR count). The van der Waals surface area contributed by atoms with E-state index < -0.39 is 30.7 Å². The highest BCUT2D eigenvalue weighted by Gasteiger charge is 2.57. The summed E-state index contributed by atoms with van der Waals surface area (Å²) in [6, 6.07) is 8.65. The number of amides is 1. The maximum Gasteiger partial charge on any atom is 0.411 e. The molecular weight excluding hydrogens is 299 g/mol. The van der Waals surface area contributed by atoms with Crippen molar-refractivity contribution < 1.29 is 27.5 Å². The van der Waals surface area contributed by atoms with Crippen molar-refractivity contribution in [2.45, 2.75) is 44.0 Å². The first-order valence-corrected chi connectivity index (χ1v) is 6.90. The van der Waals surface area contributed by atoms with Crippen LogP contribution in [0.4, 0.5) is 18.0 Å². The summed E-state index contributed by atoms with van der Waals surface area (Å²) in [6.45, 7) is -0.112. The fourth-order valence-corrected chi connectivity index (χ4v) is 2.39. The van der Waals surface area contributed by atoms with Crippen molar-refractivity contribution in [1.82, 2.24) is 5.32 Å². The number of rotatable bonds is 3. The molecule has 7 heteroatoms. The van der Waals surface area contributed by atoms with Crippen LogP contribution in [0.2, 0.25) is 0 Å². The number of ether oxygens (including phenoxy) is 1. The molecule has 4 nitrogen and oxygen atoms in total. The number of halogens is 3. The van der Waals surface area contributed by atoms with E-state index >= 15 is 0 Å².